The summed E-state index contributed by atoms with van der Waals surface area (Å²) < 4.78 is 6.77. The predicted octanol–water partition coefficient (Wildman–Crippen LogP) is 2.61. The first-order valence-corrected chi connectivity index (χ1v) is 6.48. The van der Waals surface area contributed by atoms with Crippen LogP contribution in [0.25, 0.3) is 0 Å². The molecule has 84 valence electrons. The molecule has 1 aromatic carbocycles. The maximum atomic E-state index is 5.67. The molecule has 0 radical (unpaired) electrons. The van der Waals surface area contributed by atoms with Crippen LogP contribution in [0.5, 0.6) is 5.75 Å². The Labute approximate surface area is 111 Å². The van der Waals surface area contributed by atoms with E-state index in [0.29, 0.717) is 11.7 Å². The van der Waals surface area contributed by atoms with E-state index in [9.17, 15) is 0 Å². The van der Waals surface area contributed by atoms with E-state index in [-0.39, 0.29) is 0 Å². The fourth-order valence-corrected chi connectivity index (χ4v) is 2.33. The summed E-state index contributed by atoms with van der Waals surface area (Å²) in [5, 5.41) is 0.696. The van der Waals surface area contributed by atoms with E-state index in [4.69, 9.17) is 10.6 Å². The minimum absolute atomic E-state index is 0.513. The number of ether oxygens (including phenoxy) is 1. The molecule has 2 rings (SSSR count). The van der Waals surface area contributed by atoms with E-state index in [1.165, 1.54) is 11.3 Å². The smallest absolute Gasteiger partial charge is 0.197 e. The van der Waals surface area contributed by atoms with Crippen molar-refractivity contribution in [1.82, 2.24) is 4.98 Å². The van der Waals surface area contributed by atoms with Crippen molar-refractivity contribution in [3.63, 3.8) is 0 Å². The number of benzene rings is 1. The van der Waals surface area contributed by atoms with Crippen molar-refractivity contribution in [2.24, 2.45) is 5.84 Å². The fourth-order valence-electron chi connectivity index (χ4n) is 1.15. The molecule has 16 heavy (non-hydrogen) atoms. The zero-order chi connectivity index (χ0) is 11.4. The molecule has 0 saturated carbocycles. The Morgan fingerprint density at radius 2 is 2.25 bits per heavy atom. The number of anilines is 1. The van der Waals surface area contributed by atoms with Crippen molar-refractivity contribution in [1.29, 1.82) is 0 Å². The number of hydrogen-bond donors (Lipinski definition) is 2. The number of nitrogens with zero attached hydrogens (tertiary/aromatic N) is 1. The van der Waals surface area contributed by atoms with Gasteiger partial charge in [0.2, 0.25) is 0 Å². The van der Waals surface area contributed by atoms with Crippen LogP contribution >= 0.6 is 33.9 Å². The number of hydrogen-bond acceptors (Lipinski definition) is 5. The third-order valence-electron chi connectivity index (χ3n) is 1.88. The number of hydrazine groups is 1. The molecule has 0 fully saturated rings. The Bertz CT molecular complexity index is 475. The monoisotopic (exact) mass is 347 g/mol. The van der Waals surface area contributed by atoms with Crippen molar-refractivity contribution >= 4 is 39.1 Å². The lowest BCUT2D eigenvalue weighted by Gasteiger charge is -2.05. The Hall–Kier alpha value is -0.860. The lowest BCUT2D eigenvalue weighted by atomic mass is 10.3. The van der Waals surface area contributed by atoms with Gasteiger partial charge in [-0.05, 0) is 34.7 Å². The van der Waals surface area contributed by atoms with Crippen LogP contribution in [0, 0.1) is 3.57 Å². The average molecular weight is 347 g/mol. The van der Waals surface area contributed by atoms with Crippen LogP contribution < -0.4 is 16.0 Å². The number of para-hydroxylation sites is 1. The highest BCUT2D eigenvalue weighted by Gasteiger charge is 2.03. The molecule has 3 N–H and O–H groups in total. The molecule has 0 spiro atoms. The predicted molar refractivity (Wildman–Crippen MR) is 73.4 cm³/mol. The normalized spacial score (nSPS) is 10.1. The summed E-state index contributed by atoms with van der Waals surface area (Å²) in [5.74, 6) is 6.14. The summed E-state index contributed by atoms with van der Waals surface area (Å²) >= 11 is 3.73. The number of thiazole rings is 1. The first-order valence-electron chi connectivity index (χ1n) is 4.58. The van der Waals surface area contributed by atoms with Gasteiger partial charge in [-0.15, -0.1) is 0 Å². The highest BCUT2D eigenvalue weighted by Crippen LogP contribution is 2.23. The lowest BCUT2D eigenvalue weighted by molar-refractivity contribution is 0.307. The fraction of sp³-hybridized carbons (Fsp3) is 0.100. The first-order chi connectivity index (χ1) is 7.79. The second-order valence-electron chi connectivity index (χ2n) is 3.00. The van der Waals surface area contributed by atoms with E-state index < -0.39 is 0 Å². The molecule has 0 aliphatic heterocycles. The molecule has 2 aromatic rings. The maximum Gasteiger partial charge on any atom is 0.197 e. The van der Waals surface area contributed by atoms with Gasteiger partial charge in [-0.3, -0.25) is 5.43 Å². The van der Waals surface area contributed by atoms with Crippen LogP contribution in [0.15, 0.2) is 30.5 Å². The molecule has 0 saturated heterocycles. The number of rotatable bonds is 4. The van der Waals surface area contributed by atoms with Gasteiger partial charge in [0, 0.05) is 6.20 Å². The second-order valence-corrected chi connectivity index (χ2v) is 5.27. The zero-order valence-electron chi connectivity index (χ0n) is 8.31. The molecule has 0 aliphatic carbocycles. The summed E-state index contributed by atoms with van der Waals surface area (Å²) in [6, 6.07) is 7.90. The molecule has 0 bridgehead atoms. The molecular formula is C10H10IN3OS. The molecular weight excluding hydrogens is 337 g/mol. The highest BCUT2D eigenvalue weighted by atomic mass is 127. The van der Waals surface area contributed by atoms with E-state index >= 15 is 0 Å². The molecule has 1 aromatic heterocycles. The number of nitrogen functional groups attached to an aromatic ring is 1. The highest BCUT2D eigenvalue weighted by molar-refractivity contribution is 14.1. The van der Waals surface area contributed by atoms with Crippen LogP contribution in [-0.2, 0) is 6.61 Å². The molecule has 0 amide bonds. The number of nitrogens with one attached hydrogen (secondary N) is 1. The van der Waals surface area contributed by atoms with E-state index in [2.05, 4.69) is 33.0 Å². The molecule has 0 unspecified atom stereocenters. The topological polar surface area (TPSA) is 60.2 Å². The molecule has 0 aliphatic rings. The van der Waals surface area contributed by atoms with Gasteiger partial charge in [0.1, 0.15) is 12.4 Å². The van der Waals surface area contributed by atoms with Crippen LogP contribution in [0.3, 0.4) is 0 Å². The van der Waals surface area contributed by atoms with Crippen molar-refractivity contribution < 1.29 is 4.74 Å². The van der Waals surface area contributed by atoms with E-state index in [0.717, 1.165) is 14.2 Å². The minimum Gasteiger partial charge on any atom is -0.487 e. The third kappa shape index (κ3) is 2.83. The number of nitrogens with two attached hydrogens (primary N) is 1. The Kier molecular flexibility index (Phi) is 3.97. The van der Waals surface area contributed by atoms with Gasteiger partial charge in [-0.2, -0.15) is 0 Å². The number of halogens is 1. The SMILES string of the molecule is NNc1ncc(COc2ccccc2I)s1. The lowest BCUT2D eigenvalue weighted by Crippen LogP contribution is -2.05. The zero-order valence-corrected chi connectivity index (χ0v) is 11.3. The summed E-state index contributed by atoms with van der Waals surface area (Å²) in [6.45, 7) is 0.513. The van der Waals surface area contributed by atoms with Gasteiger partial charge in [0.25, 0.3) is 0 Å². The Morgan fingerprint density at radius 3 is 2.94 bits per heavy atom. The van der Waals surface area contributed by atoms with E-state index in [1.54, 1.807) is 6.20 Å². The third-order valence-corrected chi connectivity index (χ3v) is 3.68. The van der Waals surface area contributed by atoms with Crippen molar-refractivity contribution in [2.75, 3.05) is 5.43 Å². The molecule has 4 nitrogen and oxygen atoms in total. The first kappa shape index (κ1) is 11.6. The van der Waals surface area contributed by atoms with E-state index in [1.807, 2.05) is 24.3 Å². The van der Waals surface area contributed by atoms with Crippen LogP contribution in [-0.4, -0.2) is 4.98 Å². The van der Waals surface area contributed by atoms with Crippen molar-refractivity contribution in [2.45, 2.75) is 6.61 Å². The van der Waals surface area contributed by atoms with Crippen molar-refractivity contribution in [3.05, 3.63) is 38.9 Å². The maximum absolute atomic E-state index is 5.67. The van der Waals surface area contributed by atoms with Crippen molar-refractivity contribution in [3.8, 4) is 5.75 Å². The van der Waals surface area contributed by atoms with Gasteiger partial charge >= 0.3 is 0 Å². The average Bonchev–Trinajstić information content (AvgIpc) is 2.76. The summed E-state index contributed by atoms with van der Waals surface area (Å²) in [7, 11) is 0. The summed E-state index contributed by atoms with van der Waals surface area (Å²) in [5.41, 5.74) is 2.51. The van der Waals surface area contributed by atoms with Gasteiger partial charge in [0.15, 0.2) is 5.13 Å². The van der Waals surface area contributed by atoms with Crippen LogP contribution in [0.2, 0.25) is 0 Å². The second kappa shape index (κ2) is 5.46. The Balaban J connectivity index is 1.99. The van der Waals surface area contributed by atoms with Gasteiger partial charge in [-0.1, -0.05) is 23.5 Å². The van der Waals surface area contributed by atoms with Gasteiger partial charge in [-0.25, -0.2) is 10.8 Å². The van der Waals surface area contributed by atoms with Crippen LogP contribution in [0.1, 0.15) is 4.88 Å². The quantitative estimate of drug-likeness (QED) is 0.507. The molecule has 0 atom stereocenters. The summed E-state index contributed by atoms with van der Waals surface area (Å²) in [4.78, 5) is 5.10. The molecule has 1 heterocycles. The largest absolute Gasteiger partial charge is 0.487 e. The number of aromatic nitrogens is 1. The van der Waals surface area contributed by atoms with Gasteiger partial charge in [0.05, 0.1) is 8.45 Å². The molecule has 6 heteroatoms. The standard InChI is InChI=1S/C10H10IN3OS/c11-8-3-1-2-4-9(8)15-6-7-5-13-10(14-12)16-7/h1-5H,6,12H2,(H,13,14). The summed E-state index contributed by atoms with van der Waals surface area (Å²) in [6.07, 6.45) is 1.76. The minimum atomic E-state index is 0.513. The Morgan fingerprint density at radius 1 is 1.44 bits per heavy atom. The van der Waals surface area contributed by atoms with Crippen LogP contribution in [0.4, 0.5) is 5.13 Å². The van der Waals surface area contributed by atoms with Gasteiger partial charge < -0.3 is 4.74 Å².